The van der Waals surface area contributed by atoms with Crippen LogP contribution in [0.5, 0.6) is 5.75 Å². The van der Waals surface area contributed by atoms with Crippen molar-refractivity contribution in [2.75, 3.05) is 7.05 Å². The first-order chi connectivity index (χ1) is 12.9. The van der Waals surface area contributed by atoms with E-state index in [4.69, 9.17) is 4.74 Å². The summed E-state index contributed by atoms with van der Waals surface area (Å²) in [5, 5.41) is 2.63. The third kappa shape index (κ3) is 4.74. The van der Waals surface area contributed by atoms with Crippen LogP contribution in [-0.4, -0.2) is 28.9 Å². The zero-order valence-corrected chi connectivity index (χ0v) is 16.9. The highest BCUT2D eigenvalue weighted by molar-refractivity contribution is 7.13. The summed E-state index contributed by atoms with van der Waals surface area (Å²) in [6.45, 7) is 6.56. The first kappa shape index (κ1) is 19.1. The van der Waals surface area contributed by atoms with Gasteiger partial charge in [0.1, 0.15) is 23.1 Å². The number of ether oxygens (including phenoxy) is 1. The summed E-state index contributed by atoms with van der Waals surface area (Å²) in [6.07, 6.45) is 0. The van der Waals surface area contributed by atoms with E-state index in [9.17, 15) is 4.79 Å². The molecule has 0 aliphatic rings. The predicted molar refractivity (Wildman–Crippen MR) is 110 cm³/mol. The lowest BCUT2D eigenvalue weighted by atomic mass is 10.1. The minimum atomic E-state index is -0.0562. The molecule has 0 bridgehead atoms. The van der Waals surface area contributed by atoms with Gasteiger partial charge >= 0.3 is 0 Å². The Morgan fingerprint density at radius 3 is 2.70 bits per heavy atom. The van der Waals surface area contributed by atoms with Gasteiger partial charge < -0.3 is 9.64 Å². The van der Waals surface area contributed by atoms with Crippen molar-refractivity contribution in [1.82, 2.24) is 9.88 Å². The summed E-state index contributed by atoms with van der Waals surface area (Å²) in [6, 6.07) is 16.3. The van der Waals surface area contributed by atoms with Crippen molar-refractivity contribution in [3.05, 3.63) is 70.7 Å². The Morgan fingerprint density at radius 2 is 1.96 bits per heavy atom. The molecule has 0 spiro atoms. The van der Waals surface area contributed by atoms with E-state index in [1.807, 2.05) is 49.6 Å². The number of nitrogens with zero attached hydrogens (tertiary/aromatic N) is 2. The quantitative estimate of drug-likeness (QED) is 0.592. The number of hydrogen-bond donors (Lipinski definition) is 0. The number of carbonyl (C=O) groups excluding carboxylic acids is 1. The van der Waals surface area contributed by atoms with Crippen molar-refractivity contribution in [3.8, 4) is 16.3 Å². The fraction of sp³-hybridized carbons (Fsp3) is 0.273. The average Bonchev–Trinajstić information content (AvgIpc) is 3.15. The highest BCUT2D eigenvalue weighted by atomic mass is 32.1. The Bertz CT molecular complexity index is 933. The molecule has 0 N–H and O–H groups in total. The van der Waals surface area contributed by atoms with Gasteiger partial charge in [0.05, 0.1) is 0 Å². The lowest BCUT2D eigenvalue weighted by Gasteiger charge is -2.19. The molecule has 0 atom stereocenters. The van der Waals surface area contributed by atoms with Crippen LogP contribution in [0, 0.1) is 6.92 Å². The maximum Gasteiger partial charge on any atom is 0.273 e. The highest BCUT2D eigenvalue weighted by Crippen LogP contribution is 2.28. The third-order valence-corrected chi connectivity index (χ3v) is 5.28. The standard InChI is InChI=1S/C22H24N2O2S/c1-15(2)24(4)22(25)20-14-27-21(23-20)18-9-6-10-19(12-18)26-13-17-8-5-7-16(3)11-17/h5-12,14-15H,13H2,1-4H3. The number of aryl methyl sites for hydroxylation is 1. The molecule has 1 heterocycles. The van der Waals surface area contributed by atoms with Gasteiger partial charge in [-0.25, -0.2) is 4.98 Å². The van der Waals surface area contributed by atoms with Crippen molar-refractivity contribution in [2.45, 2.75) is 33.4 Å². The molecule has 1 aromatic heterocycles. The van der Waals surface area contributed by atoms with Crippen molar-refractivity contribution >= 4 is 17.2 Å². The van der Waals surface area contributed by atoms with E-state index >= 15 is 0 Å². The molecule has 2 aromatic carbocycles. The molecule has 1 amide bonds. The number of rotatable bonds is 6. The van der Waals surface area contributed by atoms with Crippen molar-refractivity contribution in [3.63, 3.8) is 0 Å². The van der Waals surface area contributed by atoms with Crippen LogP contribution in [0.25, 0.3) is 10.6 Å². The summed E-state index contributed by atoms with van der Waals surface area (Å²) < 4.78 is 5.93. The van der Waals surface area contributed by atoms with Gasteiger partial charge in [-0.05, 0) is 38.5 Å². The van der Waals surface area contributed by atoms with Gasteiger partial charge in [0.2, 0.25) is 0 Å². The lowest BCUT2D eigenvalue weighted by molar-refractivity contribution is 0.0750. The van der Waals surface area contributed by atoms with Crippen LogP contribution in [-0.2, 0) is 6.61 Å². The van der Waals surface area contributed by atoms with Crippen LogP contribution < -0.4 is 4.74 Å². The van der Waals surface area contributed by atoms with E-state index in [2.05, 4.69) is 30.1 Å². The molecule has 3 rings (SSSR count). The molecule has 0 saturated heterocycles. The second kappa shape index (κ2) is 8.35. The Hall–Kier alpha value is -2.66. The van der Waals surface area contributed by atoms with Crippen LogP contribution in [0.15, 0.2) is 53.9 Å². The smallest absolute Gasteiger partial charge is 0.273 e. The van der Waals surface area contributed by atoms with E-state index in [-0.39, 0.29) is 11.9 Å². The first-order valence-electron chi connectivity index (χ1n) is 8.95. The topological polar surface area (TPSA) is 42.4 Å². The number of benzene rings is 2. The molecule has 27 heavy (non-hydrogen) atoms. The summed E-state index contributed by atoms with van der Waals surface area (Å²) in [7, 11) is 1.80. The molecule has 0 unspecified atom stereocenters. The molecule has 0 aliphatic carbocycles. The Kier molecular flexibility index (Phi) is 5.91. The van der Waals surface area contributed by atoms with Gasteiger partial charge in [0, 0.05) is 24.0 Å². The zero-order chi connectivity index (χ0) is 19.4. The maximum absolute atomic E-state index is 12.4. The van der Waals surface area contributed by atoms with Crippen LogP contribution in [0.2, 0.25) is 0 Å². The molecule has 4 nitrogen and oxygen atoms in total. The summed E-state index contributed by atoms with van der Waals surface area (Å²) in [5.41, 5.74) is 3.79. The fourth-order valence-electron chi connectivity index (χ4n) is 2.61. The molecule has 140 valence electrons. The number of hydrogen-bond acceptors (Lipinski definition) is 4. The Balaban J connectivity index is 1.73. The van der Waals surface area contributed by atoms with E-state index in [1.54, 1.807) is 11.9 Å². The van der Waals surface area contributed by atoms with Crippen LogP contribution in [0.3, 0.4) is 0 Å². The van der Waals surface area contributed by atoms with Crippen molar-refractivity contribution < 1.29 is 9.53 Å². The Labute approximate surface area is 164 Å². The predicted octanol–water partition coefficient (Wildman–Crippen LogP) is 5.18. The average molecular weight is 381 g/mol. The monoisotopic (exact) mass is 380 g/mol. The molecule has 0 fully saturated rings. The van der Waals surface area contributed by atoms with Gasteiger partial charge in [-0.15, -0.1) is 11.3 Å². The van der Waals surface area contributed by atoms with Crippen LogP contribution in [0.1, 0.15) is 35.5 Å². The highest BCUT2D eigenvalue weighted by Gasteiger charge is 2.18. The lowest BCUT2D eigenvalue weighted by Crippen LogP contribution is -2.33. The van der Waals surface area contributed by atoms with Gasteiger partial charge in [-0.3, -0.25) is 4.79 Å². The number of aromatic nitrogens is 1. The molecule has 5 heteroatoms. The summed E-state index contributed by atoms with van der Waals surface area (Å²) in [4.78, 5) is 18.7. The second-order valence-electron chi connectivity index (χ2n) is 6.85. The molecule has 3 aromatic rings. The fourth-order valence-corrected chi connectivity index (χ4v) is 3.40. The van der Waals surface area contributed by atoms with Crippen molar-refractivity contribution in [1.29, 1.82) is 0 Å². The van der Waals surface area contributed by atoms with E-state index in [0.29, 0.717) is 12.3 Å². The molecular weight excluding hydrogens is 356 g/mol. The third-order valence-electron chi connectivity index (χ3n) is 4.39. The molecule has 0 radical (unpaired) electrons. The van der Waals surface area contributed by atoms with Crippen molar-refractivity contribution in [2.24, 2.45) is 0 Å². The Morgan fingerprint density at radius 1 is 1.19 bits per heavy atom. The van der Waals surface area contributed by atoms with Crippen LogP contribution in [0.4, 0.5) is 0 Å². The first-order valence-corrected chi connectivity index (χ1v) is 9.83. The maximum atomic E-state index is 12.4. The van der Waals surface area contributed by atoms with Gasteiger partial charge in [-0.2, -0.15) is 0 Å². The van der Waals surface area contributed by atoms with E-state index in [1.165, 1.54) is 16.9 Å². The minimum absolute atomic E-state index is 0.0562. The SMILES string of the molecule is Cc1cccc(COc2cccc(-c3nc(C(=O)N(C)C(C)C)cs3)c2)c1. The number of amides is 1. The van der Waals surface area contributed by atoms with E-state index in [0.717, 1.165) is 21.9 Å². The van der Waals surface area contributed by atoms with Crippen LogP contribution >= 0.6 is 11.3 Å². The van der Waals surface area contributed by atoms with Gasteiger partial charge in [0.25, 0.3) is 5.91 Å². The minimum Gasteiger partial charge on any atom is -0.489 e. The molecular formula is C22H24N2O2S. The normalized spacial score (nSPS) is 10.9. The largest absolute Gasteiger partial charge is 0.489 e. The number of thiazole rings is 1. The summed E-state index contributed by atoms with van der Waals surface area (Å²) >= 11 is 1.47. The summed E-state index contributed by atoms with van der Waals surface area (Å²) in [5.74, 6) is 0.732. The van der Waals surface area contributed by atoms with Gasteiger partial charge in [0.15, 0.2) is 0 Å². The second-order valence-corrected chi connectivity index (χ2v) is 7.71. The molecule has 0 aliphatic heterocycles. The number of carbonyl (C=O) groups is 1. The van der Waals surface area contributed by atoms with E-state index < -0.39 is 0 Å². The van der Waals surface area contributed by atoms with Gasteiger partial charge in [-0.1, -0.05) is 42.0 Å². The zero-order valence-electron chi connectivity index (χ0n) is 16.1. The molecule has 0 saturated carbocycles.